The second kappa shape index (κ2) is 7.36. The molecular weight excluding hydrogens is 332 g/mol. The molecule has 2 aromatic carbocycles. The Morgan fingerprint density at radius 3 is 2.11 bits per heavy atom. The fraction of sp³-hybridized carbons (Fsp3) is 0.250. The van der Waals surface area contributed by atoms with Crippen molar-refractivity contribution in [3.8, 4) is 0 Å². The molecule has 1 aliphatic heterocycles. The molecule has 136 valence electrons. The second-order valence-electron chi connectivity index (χ2n) is 7.31. The summed E-state index contributed by atoms with van der Waals surface area (Å²) in [5, 5.41) is 0. The van der Waals surface area contributed by atoms with Gasteiger partial charge < -0.3 is 4.90 Å². The fourth-order valence-electron chi connectivity index (χ4n) is 4.21. The molecule has 1 fully saturated rings. The van der Waals surface area contributed by atoms with Crippen LogP contribution in [0.4, 0.5) is 0 Å². The van der Waals surface area contributed by atoms with E-state index >= 15 is 0 Å². The Morgan fingerprint density at radius 2 is 1.52 bits per heavy atom. The number of rotatable bonds is 3. The number of carbonyl (C=O) groups is 1. The third-order valence-corrected chi connectivity index (χ3v) is 5.54. The van der Waals surface area contributed by atoms with Gasteiger partial charge in [0.25, 0.3) is 5.91 Å². The van der Waals surface area contributed by atoms with Crippen LogP contribution in [0.1, 0.15) is 40.2 Å². The minimum Gasteiger partial charge on any atom is -0.336 e. The molecule has 4 rings (SSSR count). The zero-order valence-electron chi connectivity index (χ0n) is 15.6. The maximum Gasteiger partial charge on any atom is 0.272 e. The lowest BCUT2D eigenvalue weighted by Crippen LogP contribution is -2.49. The predicted molar refractivity (Wildman–Crippen MR) is 108 cm³/mol. The molecule has 0 atom stereocenters. The maximum atomic E-state index is 13.2. The van der Waals surface area contributed by atoms with Gasteiger partial charge in [-0.05, 0) is 43.0 Å². The van der Waals surface area contributed by atoms with Gasteiger partial charge in [-0.15, -0.1) is 0 Å². The number of hydrogen-bond donors (Lipinski definition) is 0. The molecule has 3 nitrogen and oxygen atoms in total. The van der Waals surface area contributed by atoms with Crippen LogP contribution in [-0.4, -0.2) is 28.9 Å². The van der Waals surface area contributed by atoms with E-state index in [1.54, 1.807) is 0 Å². The minimum absolute atomic E-state index is 0.0228. The van der Waals surface area contributed by atoms with E-state index in [0.717, 1.165) is 25.1 Å². The van der Waals surface area contributed by atoms with E-state index in [2.05, 4.69) is 53.5 Å². The van der Waals surface area contributed by atoms with Gasteiger partial charge in [-0.25, -0.2) is 4.98 Å². The number of likely N-dealkylation sites (tertiary alicyclic amines) is 1. The van der Waals surface area contributed by atoms with Crippen LogP contribution in [-0.2, 0) is 5.41 Å². The molecule has 0 unspecified atom stereocenters. The molecule has 27 heavy (non-hydrogen) atoms. The van der Waals surface area contributed by atoms with Crippen LogP contribution in [0.3, 0.4) is 0 Å². The summed E-state index contributed by atoms with van der Waals surface area (Å²) < 4.78 is 0. The smallest absolute Gasteiger partial charge is 0.272 e. The summed E-state index contributed by atoms with van der Waals surface area (Å²) in [5.41, 5.74) is 3.76. The van der Waals surface area contributed by atoms with E-state index in [1.807, 2.05) is 42.2 Å². The maximum absolute atomic E-state index is 13.2. The van der Waals surface area contributed by atoms with Crippen molar-refractivity contribution >= 4 is 5.91 Å². The van der Waals surface area contributed by atoms with Crippen LogP contribution in [0.2, 0.25) is 0 Å². The van der Waals surface area contributed by atoms with Crippen LogP contribution >= 0.6 is 0 Å². The Bertz CT molecular complexity index is 882. The van der Waals surface area contributed by atoms with E-state index in [0.29, 0.717) is 12.2 Å². The van der Waals surface area contributed by atoms with Crippen molar-refractivity contribution in [3.63, 3.8) is 0 Å². The van der Waals surface area contributed by atoms with Gasteiger partial charge >= 0.3 is 0 Å². The molecule has 0 radical (unpaired) electrons. The van der Waals surface area contributed by atoms with Gasteiger partial charge in [-0.3, -0.25) is 4.79 Å². The standard InChI is InChI=1S/C24H24N2O/c1-19-10-8-15-22(25-19)23(27)26-17-9-16-24(18-26,20-11-4-2-5-12-20)21-13-6-3-7-14-21/h2-8,10-15H,9,16-18H2,1H3. The van der Waals surface area contributed by atoms with Crippen LogP contribution in [0.25, 0.3) is 0 Å². The summed E-state index contributed by atoms with van der Waals surface area (Å²) in [7, 11) is 0. The van der Waals surface area contributed by atoms with E-state index in [1.165, 1.54) is 11.1 Å². The molecule has 1 aliphatic rings. The Labute approximate surface area is 160 Å². The van der Waals surface area contributed by atoms with Crippen LogP contribution in [0, 0.1) is 6.92 Å². The first kappa shape index (κ1) is 17.5. The van der Waals surface area contributed by atoms with Gasteiger partial charge in [0, 0.05) is 24.2 Å². The summed E-state index contributed by atoms with van der Waals surface area (Å²) >= 11 is 0. The first-order valence-corrected chi connectivity index (χ1v) is 9.53. The van der Waals surface area contributed by atoms with Crippen molar-refractivity contribution in [3.05, 3.63) is 101 Å². The van der Waals surface area contributed by atoms with E-state index in [4.69, 9.17) is 0 Å². The number of hydrogen-bond acceptors (Lipinski definition) is 2. The fourth-order valence-corrected chi connectivity index (χ4v) is 4.21. The molecule has 2 heterocycles. The number of piperidine rings is 1. The number of nitrogens with zero attached hydrogens (tertiary/aromatic N) is 2. The minimum atomic E-state index is -0.180. The van der Waals surface area contributed by atoms with Crippen molar-refractivity contribution in [1.29, 1.82) is 0 Å². The van der Waals surface area contributed by atoms with E-state index in [-0.39, 0.29) is 11.3 Å². The molecule has 1 saturated heterocycles. The Hall–Kier alpha value is -2.94. The van der Waals surface area contributed by atoms with E-state index in [9.17, 15) is 4.79 Å². The predicted octanol–water partition coefficient (Wildman–Crippen LogP) is 4.61. The number of pyridine rings is 1. The average molecular weight is 356 g/mol. The number of aromatic nitrogens is 1. The molecule has 1 aromatic heterocycles. The zero-order chi connectivity index (χ0) is 18.7. The Kier molecular flexibility index (Phi) is 4.76. The normalized spacial score (nSPS) is 16.1. The third kappa shape index (κ3) is 3.37. The molecule has 1 amide bonds. The first-order chi connectivity index (χ1) is 13.2. The number of benzene rings is 2. The monoisotopic (exact) mass is 356 g/mol. The molecule has 0 aliphatic carbocycles. The molecule has 0 N–H and O–H groups in total. The van der Waals surface area contributed by atoms with E-state index < -0.39 is 0 Å². The highest BCUT2D eigenvalue weighted by atomic mass is 16.2. The van der Waals surface area contributed by atoms with Gasteiger partial charge in [-0.1, -0.05) is 66.7 Å². The average Bonchev–Trinajstić information content (AvgIpc) is 2.74. The van der Waals surface area contributed by atoms with Crippen molar-refractivity contribution in [2.75, 3.05) is 13.1 Å². The number of carbonyl (C=O) groups excluding carboxylic acids is 1. The molecule has 0 spiro atoms. The summed E-state index contributed by atoms with van der Waals surface area (Å²) in [6, 6.07) is 26.8. The van der Waals surface area contributed by atoms with Crippen molar-refractivity contribution in [2.45, 2.75) is 25.2 Å². The van der Waals surface area contributed by atoms with Gasteiger partial charge in [0.1, 0.15) is 5.69 Å². The summed E-state index contributed by atoms with van der Waals surface area (Å²) in [4.78, 5) is 19.6. The number of aryl methyl sites for hydroxylation is 1. The lowest BCUT2D eigenvalue weighted by atomic mass is 9.69. The highest BCUT2D eigenvalue weighted by molar-refractivity contribution is 5.92. The third-order valence-electron chi connectivity index (χ3n) is 5.54. The molecule has 3 heteroatoms. The highest BCUT2D eigenvalue weighted by Gasteiger charge is 2.40. The van der Waals surface area contributed by atoms with Crippen molar-refractivity contribution in [2.24, 2.45) is 0 Å². The quantitative estimate of drug-likeness (QED) is 0.686. The molecule has 3 aromatic rings. The summed E-state index contributed by atoms with van der Waals surface area (Å²) in [5.74, 6) is 0.0228. The van der Waals surface area contributed by atoms with Gasteiger partial charge in [0.05, 0.1) is 0 Å². The zero-order valence-corrected chi connectivity index (χ0v) is 15.6. The first-order valence-electron chi connectivity index (χ1n) is 9.53. The lowest BCUT2D eigenvalue weighted by molar-refractivity contribution is 0.0660. The topological polar surface area (TPSA) is 33.2 Å². The summed E-state index contributed by atoms with van der Waals surface area (Å²) in [6.07, 6.45) is 2.01. The largest absolute Gasteiger partial charge is 0.336 e. The second-order valence-corrected chi connectivity index (χ2v) is 7.31. The number of amides is 1. The Balaban J connectivity index is 1.73. The van der Waals surface area contributed by atoms with Crippen LogP contribution in [0.5, 0.6) is 0 Å². The van der Waals surface area contributed by atoms with Crippen LogP contribution in [0.15, 0.2) is 78.9 Å². The van der Waals surface area contributed by atoms with Crippen LogP contribution < -0.4 is 0 Å². The molecular formula is C24H24N2O. The highest BCUT2D eigenvalue weighted by Crippen LogP contribution is 2.40. The van der Waals surface area contributed by atoms with Gasteiger partial charge in [0.15, 0.2) is 0 Å². The Morgan fingerprint density at radius 1 is 0.889 bits per heavy atom. The van der Waals surface area contributed by atoms with Gasteiger partial charge in [-0.2, -0.15) is 0 Å². The SMILES string of the molecule is Cc1cccc(C(=O)N2CCCC(c3ccccc3)(c3ccccc3)C2)n1. The molecule has 0 saturated carbocycles. The molecule has 0 bridgehead atoms. The lowest BCUT2D eigenvalue weighted by Gasteiger charge is -2.44. The van der Waals surface area contributed by atoms with Crippen molar-refractivity contribution in [1.82, 2.24) is 9.88 Å². The van der Waals surface area contributed by atoms with Gasteiger partial charge in [0.2, 0.25) is 0 Å². The summed E-state index contributed by atoms with van der Waals surface area (Å²) in [6.45, 7) is 3.37. The van der Waals surface area contributed by atoms with Crippen molar-refractivity contribution < 1.29 is 4.79 Å².